The third-order valence-corrected chi connectivity index (χ3v) is 12.8. The third kappa shape index (κ3) is 8.69. The number of likely N-dealkylation sites (tertiary alicyclic amines) is 2. The van der Waals surface area contributed by atoms with Crippen LogP contribution in [0.1, 0.15) is 92.1 Å². The summed E-state index contributed by atoms with van der Waals surface area (Å²) in [6, 6.07) is 19.5. The summed E-state index contributed by atoms with van der Waals surface area (Å²) < 4.78 is 22.0. The van der Waals surface area contributed by atoms with Gasteiger partial charge in [0.05, 0.1) is 11.7 Å². The van der Waals surface area contributed by atoms with Gasteiger partial charge in [-0.25, -0.2) is 19.2 Å². The standard InChI is InChI=1S/C46H49FN8O6/c47-36-28-48-45(51-42(36)32-5-4-8-35(26-32)54-19-2-1-9-41(54)57)49-34-7-3-6-33(25-34)44(59)53-23-15-29(16-24-53)14-20-52-21-17-30(18-22-52)31-10-11-37-39(27-31)61-46(60)55(37)38-12-13-40(56)50-43(38)58/h3-8,10-11,25-30,38H,1-2,9,12-24H2,(H,48,49,51)(H,50,56,58). The van der Waals surface area contributed by atoms with Gasteiger partial charge < -0.3 is 24.4 Å². The van der Waals surface area contributed by atoms with Crippen LogP contribution in [0.3, 0.4) is 0 Å². The van der Waals surface area contributed by atoms with E-state index in [-0.39, 0.29) is 42.2 Å². The molecule has 4 fully saturated rings. The molecule has 0 saturated carbocycles. The molecule has 15 heteroatoms. The second-order valence-corrected chi connectivity index (χ2v) is 16.7. The number of aromatic nitrogens is 3. The molecule has 1 atom stereocenters. The zero-order chi connectivity index (χ0) is 42.0. The number of hydrogen-bond acceptors (Lipinski definition) is 10. The van der Waals surface area contributed by atoms with Crippen LogP contribution in [0.5, 0.6) is 0 Å². The highest BCUT2D eigenvalue weighted by Gasteiger charge is 2.32. The van der Waals surface area contributed by atoms with Crippen LogP contribution in [-0.4, -0.2) is 87.2 Å². The van der Waals surface area contributed by atoms with Crippen molar-refractivity contribution >= 4 is 52.1 Å². The van der Waals surface area contributed by atoms with Crippen LogP contribution in [0.2, 0.25) is 0 Å². The molecule has 9 rings (SSSR count). The molecule has 14 nitrogen and oxygen atoms in total. The number of imide groups is 1. The van der Waals surface area contributed by atoms with Gasteiger partial charge in [0, 0.05) is 55.0 Å². The minimum Gasteiger partial charge on any atom is -0.408 e. The fraction of sp³-hybridized carbons (Fsp3) is 0.413. The van der Waals surface area contributed by atoms with E-state index in [0.29, 0.717) is 65.8 Å². The second-order valence-electron chi connectivity index (χ2n) is 16.7. The first-order valence-corrected chi connectivity index (χ1v) is 21.5. The second kappa shape index (κ2) is 17.4. The molecule has 2 aromatic heterocycles. The molecule has 4 aliphatic heterocycles. The summed E-state index contributed by atoms with van der Waals surface area (Å²) in [5, 5.41) is 5.47. The van der Waals surface area contributed by atoms with E-state index in [1.807, 2.05) is 41.3 Å². The lowest BCUT2D eigenvalue weighted by Gasteiger charge is -2.35. The lowest BCUT2D eigenvalue weighted by Crippen LogP contribution is -2.43. The van der Waals surface area contributed by atoms with Gasteiger partial charge in [-0.05, 0) is 131 Å². The van der Waals surface area contributed by atoms with Crippen molar-refractivity contribution in [3.05, 3.63) is 100 Å². The molecule has 5 aromatic rings. The van der Waals surface area contributed by atoms with Gasteiger partial charge in [-0.2, -0.15) is 0 Å². The Hall–Kier alpha value is -6.22. The van der Waals surface area contributed by atoms with Crippen LogP contribution in [0.25, 0.3) is 22.4 Å². The van der Waals surface area contributed by atoms with Crippen LogP contribution in [0.4, 0.5) is 21.7 Å². The van der Waals surface area contributed by atoms with Gasteiger partial charge in [0.2, 0.25) is 23.7 Å². The number of fused-ring (bicyclic) bond motifs is 1. The number of hydrogen-bond donors (Lipinski definition) is 2. The summed E-state index contributed by atoms with van der Waals surface area (Å²) in [5.41, 5.74) is 4.71. The zero-order valence-corrected chi connectivity index (χ0v) is 34.0. The average Bonchev–Trinajstić information content (AvgIpc) is 3.61. The van der Waals surface area contributed by atoms with E-state index in [9.17, 15) is 24.0 Å². The minimum absolute atomic E-state index is 0.0287. The maximum Gasteiger partial charge on any atom is 0.420 e. The number of nitrogens with one attached hydrogen (secondary N) is 2. The molecule has 4 saturated heterocycles. The van der Waals surface area contributed by atoms with Gasteiger partial charge in [0.25, 0.3) is 5.91 Å². The minimum atomic E-state index is -0.759. The molecule has 4 amide bonds. The summed E-state index contributed by atoms with van der Waals surface area (Å²) in [6.45, 7) is 4.99. The molecule has 0 bridgehead atoms. The van der Waals surface area contributed by atoms with Crippen LogP contribution in [-0.2, 0) is 14.4 Å². The lowest BCUT2D eigenvalue weighted by atomic mass is 9.88. The van der Waals surface area contributed by atoms with Crippen molar-refractivity contribution in [2.45, 2.75) is 76.2 Å². The van der Waals surface area contributed by atoms with Crippen LogP contribution in [0, 0.1) is 11.7 Å². The van der Waals surface area contributed by atoms with E-state index in [0.717, 1.165) is 82.0 Å². The number of benzene rings is 3. The Morgan fingerprint density at radius 3 is 2.49 bits per heavy atom. The monoisotopic (exact) mass is 828 g/mol. The van der Waals surface area contributed by atoms with Crippen LogP contribution < -0.4 is 21.3 Å². The maximum atomic E-state index is 15.1. The van der Waals surface area contributed by atoms with Crippen molar-refractivity contribution < 1.29 is 28.0 Å². The predicted octanol–water partition coefficient (Wildman–Crippen LogP) is 6.55. The molecule has 0 spiro atoms. The Labute approximate surface area is 352 Å². The van der Waals surface area contributed by atoms with Crippen molar-refractivity contribution in [3.8, 4) is 11.3 Å². The van der Waals surface area contributed by atoms with E-state index in [1.165, 1.54) is 4.57 Å². The SMILES string of the molecule is O=C1CCC(n2c(=O)oc3cc(C4CCN(CCC5CCN(C(=O)c6cccc(Nc7ncc(F)c(-c8cccc(N9CCCCC9=O)c8)n7)c6)CC5)CC4)ccc32)C(=O)N1. The van der Waals surface area contributed by atoms with Crippen molar-refractivity contribution in [2.75, 3.05) is 49.5 Å². The van der Waals surface area contributed by atoms with E-state index in [4.69, 9.17) is 4.42 Å². The molecule has 1 unspecified atom stereocenters. The summed E-state index contributed by atoms with van der Waals surface area (Å²) in [6.07, 6.45) is 8.85. The normalized spacial score (nSPS) is 19.7. The lowest BCUT2D eigenvalue weighted by molar-refractivity contribution is -0.135. The van der Waals surface area contributed by atoms with Crippen molar-refractivity contribution in [1.82, 2.24) is 29.7 Å². The molecule has 4 aliphatic rings. The Balaban J connectivity index is 0.747. The Kier molecular flexibility index (Phi) is 11.5. The smallest absolute Gasteiger partial charge is 0.408 e. The number of halogens is 1. The molecule has 3 aromatic carbocycles. The van der Waals surface area contributed by atoms with Gasteiger partial charge in [-0.1, -0.05) is 24.3 Å². The van der Waals surface area contributed by atoms with E-state index < -0.39 is 23.5 Å². The van der Waals surface area contributed by atoms with E-state index >= 15 is 4.39 Å². The van der Waals surface area contributed by atoms with Crippen LogP contribution >= 0.6 is 0 Å². The molecular formula is C46H49FN8O6. The molecule has 0 radical (unpaired) electrons. The molecule has 0 aliphatic carbocycles. The first-order valence-electron chi connectivity index (χ1n) is 21.5. The number of carbonyl (C=O) groups is 4. The zero-order valence-electron chi connectivity index (χ0n) is 34.0. The fourth-order valence-electron chi connectivity index (χ4n) is 9.38. The van der Waals surface area contributed by atoms with E-state index in [2.05, 4.69) is 25.5 Å². The van der Waals surface area contributed by atoms with Gasteiger partial charge in [0.15, 0.2) is 11.4 Å². The third-order valence-electron chi connectivity index (χ3n) is 12.8. The maximum absolute atomic E-state index is 15.1. The quantitative estimate of drug-likeness (QED) is 0.148. The fourth-order valence-corrected chi connectivity index (χ4v) is 9.38. The summed E-state index contributed by atoms with van der Waals surface area (Å²) in [5.74, 6) is -0.854. The number of piperidine rings is 4. The largest absolute Gasteiger partial charge is 0.420 e. The highest BCUT2D eigenvalue weighted by atomic mass is 19.1. The molecule has 61 heavy (non-hydrogen) atoms. The van der Waals surface area contributed by atoms with Crippen molar-refractivity contribution in [3.63, 3.8) is 0 Å². The molecule has 316 valence electrons. The van der Waals surface area contributed by atoms with Gasteiger partial charge in [-0.15, -0.1) is 0 Å². The first kappa shape index (κ1) is 40.2. The number of oxazole rings is 1. The first-order chi connectivity index (χ1) is 29.7. The molecule has 6 heterocycles. The average molecular weight is 829 g/mol. The topological polar surface area (TPSA) is 163 Å². The van der Waals surface area contributed by atoms with E-state index in [1.54, 1.807) is 35.2 Å². The summed E-state index contributed by atoms with van der Waals surface area (Å²) in [4.78, 5) is 77.9. The van der Waals surface area contributed by atoms with Gasteiger partial charge in [-0.3, -0.25) is 29.1 Å². The number of rotatable bonds is 10. The van der Waals surface area contributed by atoms with Crippen molar-refractivity contribution in [2.24, 2.45) is 5.92 Å². The molecular weight excluding hydrogens is 780 g/mol. The van der Waals surface area contributed by atoms with Crippen LogP contribution in [0.15, 0.2) is 82.1 Å². The Bertz CT molecular complexity index is 2540. The Morgan fingerprint density at radius 1 is 0.869 bits per heavy atom. The number of anilines is 3. The highest BCUT2D eigenvalue weighted by molar-refractivity contribution is 6.00. The van der Waals surface area contributed by atoms with Gasteiger partial charge in [0.1, 0.15) is 11.7 Å². The highest BCUT2D eigenvalue weighted by Crippen LogP contribution is 2.33. The number of carbonyl (C=O) groups excluding carboxylic acids is 4. The Morgan fingerprint density at radius 2 is 1.69 bits per heavy atom. The summed E-state index contributed by atoms with van der Waals surface area (Å²) in [7, 11) is 0. The summed E-state index contributed by atoms with van der Waals surface area (Å²) >= 11 is 0. The molecule has 2 N–H and O–H groups in total. The predicted molar refractivity (Wildman–Crippen MR) is 227 cm³/mol. The number of nitrogens with zero attached hydrogens (tertiary/aromatic N) is 6. The number of amides is 4. The van der Waals surface area contributed by atoms with Gasteiger partial charge >= 0.3 is 5.76 Å². The van der Waals surface area contributed by atoms with Crippen molar-refractivity contribution in [1.29, 1.82) is 0 Å².